The van der Waals surface area contributed by atoms with Gasteiger partial charge in [-0.05, 0) is 38.6 Å². The molecule has 0 fully saturated rings. The van der Waals surface area contributed by atoms with Crippen LogP contribution in [0.4, 0.5) is 4.79 Å². The van der Waals surface area contributed by atoms with Gasteiger partial charge in [0.05, 0.1) is 12.3 Å². The first kappa shape index (κ1) is 15.6. The SMILES string of the molecule is CC(C)CCNC(=O)NCC(c1ccco1)N(C)C. The van der Waals surface area contributed by atoms with E-state index in [1.54, 1.807) is 6.26 Å². The smallest absolute Gasteiger partial charge is 0.314 e. The van der Waals surface area contributed by atoms with Crippen molar-refractivity contribution in [2.45, 2.75) is 26.3 Å². The number of carbonyl (C=O) groups is 1. The Labute approximate surface area is 115 Å². The third-order valence-electron chi connectivity index (χ3n) is 2.96. The average Bonchev–Trinajstić information content (AvgIpc) is 2.82. The lowest BCUT2D eigenvalue weighted by molar-refractivity contribution is 0.225. The number of rotatable bonds is 7. The zero-order valence-corrected chi connectivity index (χ0v) is 12.3. The van der Waals surface area contributed by atoms with E-state index in [-0.39, 0.29) is 12.1 Å². The van der Waals surface area contributed by atoms with Crippen molar-refractivity contribution in [3.8, 4) is 0 Å². The highest BCUT2D eigenvalue weighted by Gasteiger charge is 2.17. The fourth-order valence-corrected chi connectivity index (χ4v) is 1.74. The van der Waals surface area contributed by atoms with Gasteiger partial charge in [0.1, 0.15) is 5.76 Å². The minimum Gasteiger partial charge on any atom is -0.468 e. The van der Waals surface area contributed by atoms with Crippen LogP contribution in [0, 0.1) is 5.92 Å². The van der Waals surface area contributed by atoms with Gasteiger partial charge in [-0.3, -0.25) is 4.90 Å². The maximum absolute atomic E-state index is 11.6. The number of nitrogens with one attached hydrogen (secondary N) is 2. The molecule has 0 saturated heterocycles. The van der Waals surface area contributed by atoms with Crippen LogP contribution in [-0.2, 0) is 0 Å². The number of urea groups is 1. The molecule has 1 unspecified atom stereocenters. The molecule has 108 valence electrons. The van der Waals surface area contributed by atoms with Crippen molar-refractivity contribution in [1.82, 2.24) is 15.5 Å². The minimum atomic E-state index is -0.126. The summed E-state index contributed by atoms with van der Waals surface area (Å²) in [5.41, 5.74) is 0. The number of amides is 2. The molecule has 0 aliphatic heterocycles. The predicted octanol–water partition coefficient (Wildman–Crippen LogP) is 2.23. The quantitative estimate of drug-likeness (QED) is 0.796. The Balaban J connectivity index is 2.34. The second-order valence-corrected chi connectivity index (χ2v) is 5.31. The van der Waals surface area contributed by atoms with E-state index in [0.29, 0.717) is 19.0 Å². The summed E-state index contributed by atoms with van der Waals surface area (Å²) < 4.78 is 5.39. The molecule has 1 atom stereocenters. The van der Waals surface area contributed by atoms with Gasteiger partial charge < -0.3 is 15.1 Å². The fourth-order valence-electron chi connectivity index (χ4n) is 1.74. The van der Waals surface area contributed by atoms with Gasteiger partial charge in [-0.15, -0.1) is 0 Å². The van der Waals surface area contributed by atoms with Crippen molar-refractivity contribution in [2.75, 3.05) is 27.2 Å². The summed E-state index contributed by atoms with van der Waals surface area (Å²) in [5.74, 6) is 1.45. The second-order valence-electron chi connectivity index (χ2n) is 5.31. The highest BCUT2D eigenvalue weighted by Crippen LogP contribution is 2.17. The third kappa shape index (κ3) is 5.79. The van der Waals surface area contributed by atoms with E-state index in [4.69, 9.17) is 4.42 Å². The van der Waals surface area contributed by atoms with Crippen molar-refractivity contribution < 1.29 is 9.21 Å². The normalized spacial score (nSPS) is 12.7. The van der Waals surface area contributed by atoms with Gasteiger partial charge in [-0.25, -0.2) is 4.79 Å². The summed E-state index contributed by atoms with van der Waals surface area (Å²) in [6.07, 6.45) is 2.64. The van der Waals surface area contributed by atoms with Gasteiger partial charge >= 0.3 is 6.03 Å². The van der Waals surface area contributed by atoms with E-state index in [1.807, 2.05) is 31.1 Å². The monoisotopic (exact) mass is 267 g/mol. The molecule has 0 spiro atoms. The summed E-state index contributed by atoms with van der Waals surface area (Å²) in [6.45, 7) is 5.50. The van der Waals surface area contributed by atoms with E-state index < -0.39 is 0 Å². The van der Waals surface area contributed by atoms with E-state index in [0.717, 1.165) is 12.2 Å². The zero-order chi connectivity index (χ0) is 14.3. The molecule has 5 nitrogen and oxygen atoms in total. The summed E-state index contributed by atoms with van der Waals surface area (Å²) in [5, 5.41) is 5.73. The van der Waals surface area contributed by atoms with Crippen molar-refractivity contribution >= 4 is 6.03 Å². The molecule has 1 aromatic rings. The Morgan fingerprint density at radius 1 is 1.37 bits per heavy atom. The van der Waals surface area contributed by atoms with E-state index in [9.17, 15) is 4.79 Å². The van der Waals surface area contributed by atoms with Gasteiger partial charge in [-0.2, -0.15) is 0 Å². The number of nitrogens with zero attached hydrogens (tertiary/aromatic N) is 1. The number of carbonyl (C=O) groups excluding carboxylic acids is 1. The molecule has 19 heavy (non-hydrogen) atoms. The van der Waals surface area contributed by atoms with Crippen LogP contribution in [0.1, 0.15) is 32.1 Å². The predicted molar refractivity (Wildman–Crippen MR) is 76.0 cm³/mol. The van der Waals surface area contributed by atoms with Crippen molar-refractivity contribution in [1.29, 1.82) is 0 Å². The first-order chi connectivity index (χ1) is 9.00. The molecule has 0 aromatic carbocycles. The van der Waals surface area contributed by atoms with Crippen molar-refractivity contribution in [3.05, 3.63) is 24.2 Å². The van der Waals surface area contributed by atoms with Crippen LogP contribution < -0.4 is 10.6 Å². The molecule has 0 radical (unpaired) electrons. The first-order valence-electron chi connectivity index (χ1n) is 6.72. The van der Waals surface area contributed by atoms with Gasteiger partial charge in [0.25, 0.3) is 0 Å². The molecule has 0 aliphatic rings. The average molecular weight is 267 g/mol. The van der Waals surface area contributed by atoms with Crippen LogP contribution in [0.5, 0.6) is 0 Å². The molecule has 1 rings (SSSR count). The van der Waals surface area contributed by atoms with Crippen LogP contribution in [-0.4, -0.2) is 38.1 Å². The molecular formula is C14H25N3O2. The molecule has 2 amide bonds. The van der Waals surface area contributed by atoms with Crippen molar-refractivity contribution in [3.63, 3.8) is 0 Å². The molecular weight excluding hydrogens is 242 g/mol. The van der Waals surface area contributed by atoms with E-state index in [1.165, 1.54) is 0 Å². The molecule has 5 heteroatoms. The van der Waals surface area contributed by atoms with Crippen LogP contribution in [0.25, 0.3) is 0 Å². The van der Waals surface area contributed by atoms with Crippen LogP contribution in [0.3, 0.4) is 0 Å². The van der Waals surface area contributed by atoms with Crippen LogP contribution >= 0.6 is 0 Å². The molecule has 0 aliphatic carbocycles. The Hall–Kier alpha value is -1.49. The second kappa shape index (κ2) is 7.84. The summed E-state index contributed by atoms with van der Waals surface area (Å²) in [4.78, 5) is 13.7. The van der Waals surface area contributed by atoms with E-state index >= 15 is 0 Å². The first-order valence-corrected chi connectivity index (χ1v) is 6.72. The standard InChI is InChI=1S/C14H25N3O2/c1-11(2)7-8-15-14(18)16-10-12(17(3)4)13-6-5-9-19-13/h5-6,9,11-12H,7-8,10H2,1-4H3,(H2,15,16,18). The van der Waals surface area contributed by atoms with Crippen LogP contribution in [0.15, 0.2) is 22.8 Å². The maximum Gasteiger partial charge on any atom is 0.314 e. The van der Waals surface area contributed by atoms with Gasteiger partial charge in [0, 0.05) is 13.1 Å². The van der Waals surface area contributed by atoms with Gasteiger partial charge in [0.15, 0.2) is 0 Å². The molecule has 1 aromatic heterocycles. The van der Waals surface area contributed by atoms with Gasteiger partial charge in [-0.1, -0.05) is 13.8 Å². The van der Waals surface area contributed by atoms with E-state index in [2.05, 4.69) is 24.5 Å². The minimum absolute atomic E-state index is 0.0471. The molecule has 0 saturated carbocycles. The summed E-state index contributed by atoms with van der Waals surface area (Å²) in [6, 6.07) is 3.70. The Morgan fingerprint density at radius 3 is 2.63 bits per heavy atom. The van der Waals surface area contributed by atoms with Gasteiger partial charge in [0.2, 0.25) is 0 Å². The summed E-state index contributed by atoms with van der Waals surface area (Å²) >= 11 is 0. The summed E-state index contributed by atoms with van der Waals surface area (Å²) in [7, 11) is 3.93. The van der Waals surface area contributed by atoms with Crippen LogP contribution in [0.2, 0.25) is 0 Å². The maximum atomic E-state index is 11.6. The highest BCUT2D eigenvalue weighted by molar-refractivity contribution is 5.73. The number of likely N-dealkylation sites (N-methyl/N-ethyl adjacent to an activating group) is 1. The largest absolute Gasteiger partial charge is 0.468 e. The molecule has 0 bridgehead atoms. The Bertz CT molecular complexity index is 361. The highest BCUT2D eigenvalue weighted by atomic mass is 16.3. The molecule has 1 heterocycles. The lowest BCUT2D eigenvalue weighted by Gasteiger charge is -2.22. The Kier molecular flexibility index (Phi) is 6.42. The number of hydrogen-bond donors (Lipinski definition) is 2. The number of hydrogen-bond acceptors (Lipinski definition) is 3. The zero-order valence-electron chi connectivity index (χ0n) is 12.3. The van der Waals surface area contributed by atoms with Crippen molar-refractivity contribution in [2.24, 2.45) is 5.92 Å². The molecule has 2 N–H and O–H groups in total. The number of furan rings is 1. The topological polar surface area (TPSA) is 57.5 Å². The lowest BCUT2D eigenvalue weighted by Crippen LogP contribution is -2.40. The lowest BCUT2D eigenvalue weighted by atomic mass is 10.1. The third-order valence-corrected chi connectivity index (χ3v) is 2.96. The Morgan fingerprint density at radius 2 is 2.11 bits per heavy atom. The fraction of sp³-hybridized carbons (Fsp3) is 0.643.